The summed E-state index contributed by atoms with van der Waals surface area (Å²) < 4.78 is 20.0. The fourth-order valence-electron chi connectivity index (χ4n) is 8.98. The molecule has 6 aromatic heterocycles. The Hall–Kier alpha value is -6.93. The van der Waals surface area contributed by atoms with Gasteiger partial charge in [-0.2, -0.15) is 0 Å². The molecule has 0 aromatic carbocycles. The van der Waals surface area contributed by atoms with E-state index in [0.29, 0.717) is 92.6 Å². The normalized spacial score (nSPS) is 16.2. The number of nitrogens with zero attached hydrogens (tertiary/aromatic N) is 15. The quantitative estimate of drug-likeness (QED) is 0.164. The fourth-order valence-corrected chi connectivity index (χ4v) is 8.98. The Morgan fingerprint density at radius 2 is 1.05 bits per heavy atom. The minimum atomic E-state index is -0.509. The molecule has 0 bridgehead atoms. The second-order valence-electron chi connectivity index (χ2n) is 19.3. The summed E-state index contributed by atoms with van der Waals surface area (Å²) in [6.45, 7) is 30.2. The molecule has 2 saturated heterocycles. The lowest BCUT2D eigenvalue weighted by Gasteiger charge is -2.31. The van der Waals surface area contributed by atoms with Gasteiger partial charge in [-0.1, -0.05) is 54.7 Å². The number of morpholine rings is 2. The van der Waals surface area contributed by atoms with Gasteiger partial charge in [0.1, 0.15) is 17.5 Å². The molecule has 0 saturated carbocycles. The predicted molar refractivity (Wildman–Crippen MR) is 288 cm³/mol. The number of anilines is 3. The number of fused-ring (bicyclic) bond motifs is 6. The summed E-state index contributed by atoms with van der Waals surface area (Å²) in [7, 11) is 0. The third-order valence-corrected chi connectivity index (χ3v) is 13.0. The van der Waals surface area contributed by atoms with E-state index >= 15 is 0 Å². The van der Waals surface area contributed by atoms with Gasteiger partial charge in [0.2, 0.25) is 29.0 Å². The van der Waals surface area contributed by atoms with Crippen LogP contribution in [0.15, 0.2) is 58.3 Å². The molecular weight excluding hydrogens is 1000 g/mol. The number of carbonyl (C=O) groups is 3. The molecule has 5 aliphatic rings. The van der Waals surface area contributed by atoms with Crippen molar-refractivity contribution in [2.45, 2.75) is 105 Å². The Kier molecular flexibility index (Phi) is 19.6. The van der Waals surface area contributed by atoms with Crippen LogP contribution in [0, 0.1) is 0 Å². The molecule has 26 heteroatoms. The number of rotatable bonds is 8. The largest absolute Gasteiger partial charge is 0.379 e. The standard InChI is InChI=1S/C18H26N6O3.C14H17N5O2.C11H15N5O.C4H9NO.C3H3ClO/c1-13(2)16-19-12-14-17(26)23-6-3-5-22(18(23)20-24(14)16)15(25)4-7-21-8-10-27-11-9-21;1-4-11(20)17-6-5-7-18-13(21)10-8-15-12(9(2)3)19(10)16-14(17)18;1-7(2)9-13-6-8-10(17)15-5-3-4-12-11(15)14-16(8)9;1-3-6-4-2-5-1;1-2-3(4)5/h12-13H,3-11H2,1-2H3;4,8-9H,1,5-7H2,2-3H3;6-7H,3-5H2,1-2H3,(H,12,14);5H,1-4H2;2H,1H2. The van der Waals surface area contributed by atoms with Crippen molar-refractivity contribution in [1.82, 2.24) is 67.7 Å². The minimum absolute atomic E-state index is 0.00686. The van der Waals surface area contributed by atoms with Crippen molar-refractivity contribution in [3.63, 3.8) is 0 Å². The zero-order chi connectivity index (χ0) is 54.6. The van der Waals surface area contributed by atoms with E-state index < -0.39 is 5.24 Å². The predicted octanol–water partition coefficient (Wildman–Crippen LogP) is 2.78. The van der Waals surface area contributed by atoms with Crippen molar-refractivity contribution < 1.29 is 23.9 Å². The summed E-state index contributed by atoms with van der Waals surface area (Å²) in [4.78, 5) is 90.3. The zero-order valence-corrected chi connectivity index (χ0v) is 45.1. The minimum Gasteiger partial charge on any atom is -0.379 e. The third kappa shape index (κ3) is 13.0. The molecule has 2 N–H and O–H groups in total. The van der Waals surface area contributed by atoms with Crippen LogP contribution in [0.3, 0.4) is 0 Å². The number of ether oxygens (including phenoxy) is 2. The molecule has 25 nitrogen and oxygen atoms in total. The first kappa shape index (κ1) is 56.8. The van der Waals surface area contributed by atoms with Gasteiger partial charge in [0.05, 0.1) is 45.0 Å². The highest BCUT2D eigenvalue weighted by molar-refractivity contribution is 6.66. The lowest BCUT2D eigenvalue weighted by atomic mass is 10.2. The second kappa shape index (κ2) is 26.2. The molecular formula is C50H70ClN17O8. The van der Waals surface area contributed by atoms with Gasteiger partial charge in [0, 0.05) is 96.2 Å². The molecule has 0 spiro atoms. The van der Waals surface area contributed by atoms with Crippen molar-refractivity contribution in [1.29, 1.82) is 0 Å². The van der Waals surface area contributed by atoms with E-state index in [-0.39, 0.29) is 46.2 Å². The summed E-state index contributed by atoms with van der Waals surface area (Å²) in [6, 6.07) is 0. The molecule has 76 heavy (non-hydrogen) atoms. The fraction of sp³-hybridized carbons (Fsp3) is 0.560. The van der Waals surface area contributed by atoms with Gasteiger partial charge in [0.25, 0.3) is 22.6 Å². The average Bonchev–Trinajstić information content (AvgIpc) is 4.20. The first-order valence-electron chi connectivity index (χ1n) is 25.9. The third-order valence-electron chi connectivity index (χ3n) is 12.9. The smallest absolute Gasteiger partial charge is 0.280 e. The van der Waals surface area contributed by atoms with Crippen LogP contribution in [0.5, 0.6) is 0 Å². The SMILES string of the molecule is C1COCCN1.C=CC(=O)Cl.C=CC(=O)N1CCCn2c1nn1c(C(C)C)ncc1c2=O.CC(C)c1ncc2c(=O)n3c(nn12)N(C(=O)CCN1CCOCC1)CCC3.CC(C)c1ncc2c(=O)n3c(nn12)NCCC3. The van der Waals surface area contributed by atoms with E-state index in [1.165, 1.54) is 15.5 Å². The lowest BCUT2D eigenvalue weighted by molar-refractivity contribution is -0.119. The van der Waals surface area contributed by atoms with E-state index in [4.69, 9.17) is 21.1 Å². The van der Waals surface area contributed by atoms with Crippen LogP contribution in [-0.2, 0) is 43.5 Å². The summed E-state index contributed by atoms with van der Waals surface area (Å²) in [6.07, 6.45) is 9.86. The maximum Gasteiger partial charge on any atom is 0.280 e. The van der Waals surface area contributed by atoms with E-state index in [0.717, 1.165) is 89.5 Å². The van der Waals surface area contributed by atoms with Crippen molar-refractivity contribution in [2.75, 3.05) is 93.9 Å². The molecule has 11 rings (SSSR count). The van der Waals surface area contributed by atoms with Gasteiger partial charge in [-0.3, -0.25) is 57.2 Å². The van der Waals surface area contributed by atoms with Gasteiger partial charge in [-0.15, -0.1) is 15.3 Å². The molecule has 0 unspecified atom stereocenters. The highest BCUT2D eigenvalue weighted by Crippen LogP contribution is 2.22. The number of carbonyl (C=O) groups excluding carboxylic acids is 3. The number of aromatic nitrogens is 12. The van der Waals surface area contributed by atoms with E-state index in [1.807, 2.05) is 41.5 Å². The van der Waals surface area contributed by atoms with Crippen LogP contribution in [-0.4, -0.2) is 158 Å². The Balaban J connectivity index is 0.000000153. The topological polar surface area (TPSA) is 260 Å². The van der Waals surface area contributed by atoms with Crippen LogP contribution < -0.4 is 37.1 Å². The summed E-state index contributed by atoms with van der Waals surface area (Å²) in [5.74, 6) is 3.99. The van der Waals surface area contributed by atoms with Gasteiger partial charge in [0.15, 0.2) is 16.6 Å². The van der Waals surface area contributed by atoms with Gasteiger partial charge in [-0.05, 0) is 43.0 Å². The van der Waals surface area contributed by atoms with Gasteiger partial charge in [-0.25, -0.2) is 28.5 Å². The van der Waals surface area contributed by atoms with Crippen LogP contribution >= 0.6 is 11.6 Å². The highest BCUT2D eigenvalue weighted by Gasteiger charge is 2.29. The van der Waals surface area contributed by atoms with Crippen LogP contribution in [0.25, 0.3) is 16.6 Å². The average molecular weight is 1070 g/mol. The molecule has 2 fully saturated rings. The molecule has 5 aliphatic heterocycles. The van der Waals surface area contributed by atoms with Crippen LogP contribution in [0.4, 0.5) is 17.8 Å². The number of imidazole rings is 3. The Morgan fingerprint density at radius 1 is 0.605 bits per heavy atom. The van der Waals surface area contributed by atoms with Gasteiger partial charge >= 0.3 is 0 Å². The number of hydrogen-bond acceptors (Lipinski definition) is 17. The van der Waals surface area contributed by atoms with E-state index in [2.05, 4.69) is 58.9 Å². The van der Waals surface area contributed by atoms with Crippen LogP contribution in [0.2, 0.25) is 0 Å². The monoisotopic (exact) mass is 1070 g/mol. The number of nitrogens with one attached hydrogen (secondary N) is 2. The molecule has 11 heterocycles. The van der Waals surface area contributed by atoms with Crippen LogP contribution in [0.1, 0.15) is 102 Å². The Labute approximate surface area is 444 Å². The summed E-state index contributed by atoms with van der Waals surface area (Å²) >= 11 is 4.71. The van der Waals surface area contributed by atoms with Crippen molar-refractivity contribution in [3.05, 3.63) is 92.4 Å². The summed E-state index contributed by atoms with van der Waals surface area (Å²) in [5, 5.41) is 19.4. The Bertz CT molecular complexity index is 3200. The van der Waals surface area contributed by atoms with E-state index in [1.54, 1.807) is 46.2 Å². The maximum atomic E-state index is 12.9. The molecule has 410 valence electrons. The molecule has 2 amide bonds. The number of hydrogen-bond donors (Lipinski definition) is 2. The van der Waals surface area contributed by atoms with Gasteiger partial charge < -0.3 is 20.1 Å². The van der Waals surface area contributed by atoms with Crippen molar-refractivity contribution >= 4 is 63.1 Å². The van der Waals surface area contributed by atoms with E-state index in [9.17, 15) is 28.8 Å². The first-order chi connectivity index (χ1) is 36.6. The molecule has 0 radical (unpaired) electrons. The lowest BCUT2D eigenvalue weighted by Crippen LogP contribution is -2.45. The van der Waals surface area contributed by atoms with Crippen molar-refractivity contribution in [2.24, 2.45) is 0 Å². The summed E-state index contributed by atoms with van der Waals surface area (Å²) in [5.41, 5.74) is 1.15. The Morgan fingerprint density at radius 3 is 1.50 bits per heavy atom. The number of allylic oxidation sites excluding steroid dienone is 1. The maximum absolute atomic E-state index is 12.9. The molecule has 0 atom stereocenters. The van der Waals surface area contributed by atoms with Crippen molar-refractivity contribution in [3.8, 4) is 0 Å². The molecule has 0 aliphatic carbocycles. The molecule has 6 aromatic rings. The number of halogens is 1. The zero-order valence-electron chi connectivity index (χ0n) is 44.3. The second-order valence-corrected chi connectivity index (χ2v) is 19.7. The number of amides is 2. The highest BCUT2D eigenvalue weighted by atomic mass is 35.5. The first-order valence-corrected chi connectivity index (χ1v) is 26.3.